The van der Waals surface area contributed by atoms with E-state index in [0.717, 1.165) is 12.0 Å². The van der Waals surface area contributed by atoms with Crippen molar-refractivity contribution in [2.75, 3.05) is 13.7 Å². The molecular weight excluding hydrogens is 302 g/mol. The van der Waals surface area contributed by atoms with E-state index >= 15 is 0 Å². The lowest BCUT2D eigenvalue weighted by Crippen LogP contribution is -1.98. The molecule has 0 N–H and O–H groups in total. The van der Waals surface area contributed by atoms with Crippen LogP contribution in [-0.2, 0) is 0 Å². The largest absolute Gasteiger partial charge is 0.493 e. The molecule has 0 aromatic heterocycles. The van der Waals surface area contributed by atoms with E-state index in [1.54, 1.807) is 37.5 Å². The number of ether oxygens (including phenoxy) is 2. The molecule has 0 saturated carbocycles. The number of hydrogen-bond acceptors (Lipinski definition) is 4. The highest BCUT2D eigenvalue weighted by Gasteiger charge is 2.05. The minimum Gasteiger partial charge on any atom is -0.493 e. The minimum absolute atomic E-state index is 0.119. The fourth-order valence-corrected chi connectivity index (χ4v) is 2.10. The average molecular weight is 321 g/mol. The van der Waals surface area contributed by atoms with E-state index in [1.807, 2.05) is 31.2 Å². The Kier molecular flexibility index (Phi) is 6.16. The van der Waals surface area contributed by atoms with Gasteiger partial charge in [-0.15, -0.1) is 0 Å². The summed E-state index contributed by atoms with van der Waals surface area (Å²) in [6.07, 6.45) is 4.14. The van der Waals surface area contributed by atoms with E-state index in [1.165, 1.54) is 6.08 Å². The number of nitriles is 1. The zero-order valence-electron chi connectivity index (χ0n) is 13.8. The predicted molar refractivity (Wildman–Crippen MR) is 93.3 cm³/mol. The Morgan fingerprint density at radius 3 is 2.54 bits per heavy atom. The number of carbonyl (C=O) groups is 1. The maximum atomic E-state index is 12.2. The van der Waals surface area contributed by atoms with Crippen LogP contribution >= 0.6 is 0 Å². The molecule has 0 unspecified atom stereocenters. The molecule has 4 nitrogen and oxygen atoms in total. The second kappa shape index (κ2) is 8.54. The number of methoxy groups -OCH3 is 1. The Morgan fingerprint density at radius 2 is 1.92 bits per heavy atom. The second-order valence-electron chi connectivity index (χ2n) is 5.15. The molecule has 0 aliphatic rings. The summed E-state index contributed by atoms with van der Waals surface area (Å²) in [5, 5.41) is 8.78. The molecule has 122 valence electrons. The Hall–Kier alpha value is -3.06. The Morgan fingerprint density at radius 1 is 1.17 bits per heavy atom. The van der Waals surface area contributed by atoms with Gasteiger partial charge in [-0.05, 0) is 54.5 Å². The van der Waals surface area contributed by atoms with Gasteiger partial charge in [-0.3, -0.25) is 4.79 Å². The van der Waals surface area contributed by atoms with Gasteiger partial charge in [0.15, 0.2) is 17.3 Å². The number of carbonyl (C=O) groups excluding carboxylic acids is 1. The van der Waals surface area contributed by atoms with Gasteiger partial charge in [-0.25, -0.2) is 0 Å². The van der Waals surface area contributed by atoms with Crippen LogP contribution in [-0.4, -0.2) is 19.5 Å². The van der Waals surface area contributed by atoms with E-state index in [0.29, 0.717) is 29.2 Å². The highest BCUT2D eigenvalue weighted by Crippen LogP contribution is 2.28. The summed E-state index contributed by atoms with van der Waals surface area (Å²) in [7, 11) is 1.60. The molecule has 0 atom stereocenters. The maximum Gasteiger partial charge on any atom is 0.185 e. The second-order valence-corrected chi connectivity index (χ2v) is 5.15. The van der Waals surface area contributed by atoms with Gasteiger partial charge < -0.3 is 9.47 Å². The molecular formula is C20H19NO3. The number of allylic oxidation sites excluding steroid dienone is 1. The summed E-state index contributed by atoms with van der Waals surface area (Å²) in [5.74, 6) is 1.21. The Bertz CT molecular complexity index is 770. The summed E-state index contributed by atoms with van der Waals surface area (Å²) in [5.41, 5.74) is 1.92. The fraction of sp³-hybridized carbons (Fsp3) is 0.200. The van der Waals surface area contributed by atoms with E-state index in [2.05, 4.69) is 0 Å². The molecule has 2 aromatic rings. The van der Waals surface area contributed by atoms with Gasteiger partial charge in [-0.2, -0.15) is 5.26 Å². The highest BCUT2D eigenvalue weighted by molar-refractivity contribution is 6.06. The molecule has 2 rings (SSSR count). The first kappa shape index (κ1) is 17.3. The highest BCUT2D eigenvalue weighted by atomic mass is 16.5. The maximum absolute atomic E-state index is 12.2. The molecule has 2 aromatic carbocycles. The molecule has 0 radical (unpaired) electrons. The number of benzene rings is 2. The van der Waals surface area contributed by atoms with Gasteiger partial charge in [0.25, 0.3) is 0 Å². The molecule has 0 fully saturated rings. The molecule has 4 heteroatoms. The van der Waals surface area contributed by atoms with E-state index in [4.69, 9.17) is 14.7 Å². The van der Waals surface area contributed by atoms with Crippen molar-refractivity contribution in [3.63, 3.8) is 0 Å². The minimum atomic E-state index is -0.119. The number of ketones is 1. The lowest BCUT2D eigenvalue weighted by Gasteiger charge is -2.10. The SMILES string of the molecule is CCCOc1cc(C=CC(=O)c2ccc(C#N)cc2)ccc1OC. The van der Waals surface area contributed by atoms with Crippen molar-refractivity contribution in [3.05, 3.63) is 65.2 Å². The van der Waals surface area contributed by atoms with Gasteiger partial charge in [0.05, 0.1) is 25.3 Å². The summed E-state index contributed by atoms with van der Waals surface area (Å²) in [6, 6.07) is 14.1. The van der Waals surface area contributed by atoms with E-state index < -0.39 is 0 Å². The van der Waals surface area contributed by atoms with Crippen LogP contribution in [0.4, 0.5) is 0 Å². The quantitative estimate of drug-likeness (QED) is 0.565. The first-order valence-electron chi connectivity index (χ1n) is 7.71. The van der Waals surface area contributed by atoms with Crippen LogP contribution in [0.5, 0.6) is 11.5 Å². The monoisotopic (exact) mass is 321 g/mol. The summed E-state index contributed by atoms with van der Waals surface area (Å²) in [4.78, 5) is 12.2. The molecule has 24 heavy (non-hydrogen) atoms. The van der Waals surface area contributed by atoms with E-state index in [-0.39, 0.29) is 5.78 Å². The van der Waals surface area contributed by atoms with Gasteiger partial charge in [0.1, 0.15) is 0 Å². The molecule has 0 heterocycles. The van der Waals surface area contributed by atoms with Gasteiger partial charge in [0.2, 0.25) is 0 Å². The zero-order valence-corrected chi connectivity index (χ0v) is 13.8. The molecule has 0 saturated heterocycles. The smallest absolute Gasteiger partial charge is 0.185 e. The lowest BCUT2D eigenvalue weighted by atomic mass is 10.1. The van der Waals surface area contributed by atoms with Crippen molar-refractivity contribution in [2.45, 2.75) is 13.3 Å². The van der Waals surface area contributed by atoms with Crippen LogP contribution in [0.2, 0.25) is 0 Å². The van der Waals surface area contributed by atoms with Gasteiger partial charge >= 0.3 is 0 Å². The normalized spacial score (nSPS) is 10.4. The third-order valence-electron chi connectivity index (χ3n) is 3.38. The Balaban J connectivity index is 2.15. The van der Waals surface area contributed by atoms with Crippen LogP contribution in [0.25, 0.3) is 6.08 Å². The van der Waals surface area contributed by atoms with E-state index in [9.17, 15) is 4.79 Å². The number of nitrogens with zero attached hydrogens (tertiary/aromatic N) is 1. The lowest BCUT2D eigenvalue weighted by molar-refractivity contribution is 0.104. The third kappa shape index (κ3) is 4.47. The number of hydrogen-bond donors (Lipinski definition) is 0. The average Bonchev–Trinajstić information content (AvgIpc) is 2.64. The van der Waals surface area contributed by atoms with Crippen molar-refractivity contribution in [1.29, 1.82) is 5.26 Å². The van der Waals surface area contributed by atoms with Crippen LogP contribution < -0.4 is 9.47 Å². The molecule has 0 amide bonds. The fourth-order valence-electron chi connectivity index (χ4n) is 2.10. The number of rotatable bonds is 7. The van der Waals surface area contributed by atoms with Crippen molar-refractivity contribution in [2.24, 2.45) is 0 Å². The van der Waals surface area contributed by atoms with Crippen molar-refractivity contribution in [1.82, 2.24) is 0 Å². The molecule has 0 spiro atoms. The molecule has 0 bridgehead atoms. The van der Waals surface area contributed by atoms with Crippen molar-refractivity contribution in [3.8, 4) is 17.6 Å². The van der Waals surface area contributed by atoms with Crippen LogP contribution in [0.15, 0.2) is 48.5 Å². The predicted octanol–water partition coefficient (Wildman–Crippen LogP) is 4.25. The van der Waals surface area contributed by atoms with Gasteiger partial charge in [-0.1, -0.05) is 19.1 Å². The first-order chi connectivity index (χ1) is 11.7. The van der Waals surface area contributed by atoms with Crippen LogP contribution in [0.3, 0.4) is 0 Å². The summed E-state index contributed by atoms with van der Waals surface area (Å²) >= 11 is 0. The van der Waals surface area contributed by atoms with Gasteiger partial charge in [0, 0.05) is 5.56 Å². The van der Waals surface area contributed by atoms with Crippen molar-refractivity contribution >= 4 is 11.9 Å². The Labute approximate surface area is 141 Å². The summed E-state index contributed by atoms with van der Waals surface area (Å²) < 4.78 is 10.9. The topological polar surface area (TPSA) is 59.3 Å². The third-order valence-corrected chi connectivity index (χ3v) is 3.38. The molecule has 0 aliphatic carbocycles. The molecule has 0 aliphatic heterocycles. The zero-order chi connectivity index (χ0) is 17.4. The standard InChI is InChI=1S/C20H19NO3/c1-3-12-24-20-13-15(7-11-19(20)23-2)6-10-18(22)17-8-4-16(14-21)5-9-17/h4-11,13H,3,12H2,1-2H3. The van der Waals surface area contributed by atoms with Crippen LogP contribution in [0, 0.1) is 11.3 Å². The van der Waals surface area contributed by atoms with Crippen molar-refractivity contribution < 1.29 is 14.3 Å². The first-order valence-corrected chi connectivity index (χ1v) is 7.71. The van der Waals surface area contributed by atoms with Crippen LogP contribution in [0.1, 0.15) is 34.8 Å². The summed E-state index contributed by atoms with van der Waals surface area (Å²) in [6.45, 7) is 2.64.